The van der Waals surface area contributed by atoms with Crippen LogP contribution in [0.15, 0.2) is 24.3 Å². The summed E-state index contributed by atoms with van der Waals surface area (Å²) in [5, 5.41) is 0. The monoisotopic (exact) mass is 274 g/mol. The van der Waals surface area contributed by atoms with Gasteiger partial charge in [0.05, 0.1) is 14.2 Å². The molecule has 106 valence electrons. The van der Waals surface area contributed by atoms with Gasteiger partial charge in [-0.1, -0.05) is 12.1 Å². The van der Waals surface area contributed by atoms with E-state index >= 15 is 0 Å². The fraction of sp³-hybridized carbons (Fsp3) is 0.250. The summed E-state index contributed by atoms with van der Waals surface area (Å²) in [4.78, 5) is 22.2. The minimum Gasteiger partial charge on any atom is -0.466 e. The Morgan fingerprint density at radius 2 is 1.20 bits per heavy atom. The fourth-order valence-corrected chi connectivity index (χ4v) is 1.67. The number of carbonyl (C=O) groups excluding carboxylic acids is 2. The van der Waals surface area contributed by atoms with Crippen molar-refractivity contribution in [3.63, 3.8) is 0 Å². The zero-order chi connectivity index (χ0) is 15.1. The van der Waals surface area contributed by atoms with E-state index in [0.29, 0.717) is 0 Å². The minimum absolute atomic E-state index is 0.392. The molecule has 0 bridgehead atoms. The van der Waals surface area contributed by atoms with E-state index in [1.54, 1.807) is 12.2 Å². The van der Waals surface area contributed by atoms with Crippen LogP contribution in [-0.2, 0) is 19.1 Å². The molecule has 0 saturated heterocycles. The Balaban J connectivity index is 3.03. The minimum atomic E-state index is -0.392. The Kier molecular flexibility index (Phi) is 5.72. The molecule has 0 aliphatic carbocycles. The number of aryl methyl sites for hydroxylation is 2. The van der Waals surface area contributed by atoms with Gasteiger partial charge in [-0.05, 0) is 48.3 Å². The molecule has 0 heterocycles. The van der Waals surface area contributed by atoms with Crippen LogP contribution in [0.2, 0.25) is 0 Å². The Morgan fingerprint density at radius 3 is 1.50 bits per heavy atom. The van der Waals surface area contributed by atoms with Crippen LogP contribution in [0.25, 0.3) is 12.2 Å². The van der Waals surface area contributed by atoms with E-state index in [4.69, 9.17) is 0 Å². The van der Waals surface area contributed by atoms with Crippen molar-refractivity contribution in [3.05, 3.63) is 46.5 Å². The van der Waals surface area contributed by atoms with Gasteiger partial charge in [0.25, 0.3) is 0 Å². The van der Waals surface area contributed by atoms with Gasteiger partial charge in [-0.25, -0.2) is 9.59 Å². The lowest BCUT2D eigenvalue weighted by molar-refractivity contribution is -0.135. The molecule has 0 spiro atoms. The van der Waals surface area contributed by atoms with Crippen LogP contribution < -0.4 is 0 Å². The molecule has 0 saturated carbocycles. The van der Waals surface area contributed by atoms with E-state index in [1.807, 2.05) is 26.0 Å². The fourth-order valence-electron chi connectivity index (χ4n) is 1.67. The largest absolute Gasteiger partial charge is 0.466 e. The summed E-state index contributed by atoms with van der Waals surface area (Å²) in [6.45, 7) is 3.87. The van der Waals surface area contributed by atoms with Crippen LogP contribution >= 0.6 is 0 Å². The van der Waals surface area contributed by atoms with Gasteiger partial charge in [-0.2, -0.15) is 0 Å². The first-order chi connectivity index (χ1) is 9.47. The Morgan fingerprint density at radius 1 is 0.850 bits per heavy atom. The summed E-state index contributed by atoms with van der Waals surface area (Å²) in [5.41, 5.74) is 3.87. The maximum Gasteiger partial charge on any atom is 0.330 e. The molecule has 0 aliphatic rings. The summed E-state index contributed by atoms with van der Waals surface area (Å²) in [7, 11) is 2.68. The first kappa shape index (κ1) is 15.7. The third-order valence-electron chi connectivity index (χ3n) is 2.86. The molecule has 4 nitrogen and oxygen atoms in total. The van der Waals surface area contributed by atoms with Gasteiger partial charge in [-0.15, -0.1) is 0 Å². The highest BCUT2D eigenvalue weighted by Crippen LogP contribution is 2.18. The van der Waals surface area contributed by atoms with Gasteiger partial charge < -0.3 is 9.47 Å². The van der Waals surface area contributed by atoms with E-state index in [2.05, 4.69) is 9.47 Å². The van der Waals surface area contributed by atoms with E-state index in [0.717, 1.165) is 22.3 Å². The lowest BCUT2D eigenvalue weighted by Crippen LogP contribution is -1.95. The molecule has 1 aromatic rings. The summed E-state index contributed by atoms with van der Waals surface area (Å²) < 4.78 is 9.11. The first-order valence-corrected chi connectivity index (χ1v) is 6.11. The van der Waals surface area contributed by atoms with Gasteiger partial charge in [0, 0.05) is 12.2 Å². The molecule has 1 rings (SSSR count). The molecule has 20 heavy (non-hydrogen) atoms. The predicted molar refractivity (Wildman–Crippen MR) is 78.0 cm³/mol. The number of hydrogen-bond acceptors (Lipinski definition) is 4. The molecular weight excluding hydrogens is 256 g/mol. The summed E-state index contributed by atoms with van der Waals surface area (Å²) in [6.07, 6.45) is 6.18. The Labute approximate surface area is 118 Å². The normalized spacial score (nSPS) is 11.0. The third-order valence-corrected chi connectivity index (χ3v) is 2.86. The molecule has 0 aromatic heterocycles. The van der Waals surface area contributed by atoms with Crippen LogP contribution in [0.1, 0.15) is 22.3 Å². The van der Waals surface area contributed by atoms with Gasteiger partial charge in [0.15, 0.2) is 0 Å². The van der Waals surface area contributed by atoms with Crippen LogP contribution in [0.3, 0.4) is 0 Å². The average molecular weight is 274 g/mol. The van der Waals surface area contributed by atoms with Crippen molar-refractivity contribution < 1.29 is 19.1 Å². The highest BCUT2D eigenvalue weighted by atomic mass is 16.5. The quantitative estimate of drug-likeness (QED) is 0.625. The van der Waals surface area contributed by atoms with E-state index < -0.39 is 11.9 Å². The highest BCUT2D eigenvalue weighted by molar-refractivity contribution is 5.88. The van der Waals surface area contributed by atoms with Crippen molar-refractivity contribution in [3.8, 4) is 0 Å². The Hall–Kier alpha value is -2.36. The zero-order valence-electron chi connectivity index (χ0n) is 12.1. The topological polar surface area (TPSA) is 52.6 Å². The number of methoxy groups -OCH3 is 2. The second-order valence-corrected chi connectivity index (χ2v) is 4.28. The lowest BCUT2D eigenvalue weighted by atomic mass is 9.99. The first-order valence-electron chi connectivity index (χ1n) is 6.11. The number of esters is 2. The number of hydrogen-bond donors (Lipinski definition) is 0. The van der Waals surface area contributed by atoms with Crippen molar-refractivity contribution in [1.82, 2.24) is 0 Å². The zero-order valence-corrected chi connectivity index (χ0v) is 12.1. The number of carbonyl (C=O) groups is 2. The molecular formula is C16H18O4. The SMILES string of the molecule is COC(=O)/C=C/c1cc(C)c(/C=C/C(=O)OC)cc1C. The lowest BCUT2D eigenvalue weighted by Gasteiger charge is -2.06. The van der Waals surface area contributed by atoms with Gasteiger partial charge >= 0.3 is 11.9 Å². The maximum absolute atomic E-state index is 11.1. The molecule has 0 fully saturated rings. The third kappa shape index (κ3) is 4.39. The standard InChI is InChI=1S/C16H18O4/c1-11-9-14(6-8-16(18)20-4)12(2)10-13(11)5-7-15(17)19-3/h5-10H,1-4H3/b7-5+,8-6+. The second kappa shape index (κ2) is 7.28. The van der Waals surface area contributed by atoms with Crippen LogP contribution in [0.5, 0.6) is 0 Å². The molecule has 0 radical (unpaired) electrons. The molecule has 1 aromatic carbocycles. The summed E-state index contributed by atoms with van der Waals surface area (Å²) >= 11 is 0. The maximum atomic E-state index is 11.1. The molecule has 0 unspecified atom stereocenters. The van der Waals surface area contributed by atoms with Crippen LogP contribution in [0, 0.1) is 13.8 Å². The van der Waals surface area contributed by atoms with Gasteiger partial charge in [0.2, 0.25) is 0 Å². The van der Waals surface area contributed by atoms with E-state index in [-0.39, 0.29) is 0 Å². The Bertz CT molecular complexity index is 516. The van der Waals surface area contributed by atoms with Crippen molar-refractivity contribution in [2.45, 2.75) is 13.8 Å². The number of benzene rings is 1. The molecule has 0 aliphatic heterocycles. The number of ether oxygens (including phenoxy) is 2. The predicted octanol–water partition coefficient (Wildman–Crippen LogP) is 2.68. The highest BCUT2D eigenvalue weighted by Gasteiger charge is 2.02. The van der Waals surface area contributed by atoms with Crippen molar-refractivity contribution >= 4 is 24.1 Å². The summed E-state index contributed by atoms with van der Waals surface area (Å²) in [5.74, 6) is -0.784. The van der Waals surface area contributed by atoms with E-state index in [9.17, 15) is 9.59 Å². The molecule has 0 atom stereocenters. The second-order valence-electron chi connectivity index (χ2n) is 4.28. The van der Waals surface area contributed by atoms with Crippen molar-refractivity contribution in [2.75, 3.05) is 14.2 Å². The molecule has 0 amide bonds. The smallest absolute Gasteiger partial charge is 0.330 e. The van der Waals surface area contributed by atoms with Crippen molar-refractivity contribution in [2.24, 2.45) is 0 Å². The van der Waals surface area contributed by atoms with E-state index in [1.165, 1.54) is 26.4 Å². The van der Waals surface area contributed by atoms with Gasteiger partial charge in [0.1, 0.15) is 0 Å². The molecule has 0 N–H and O–H groups in total. The van der Waals surface area contributed by atoms with Crippen LogP contribution in [-0.4, -0.2) is 26.2 Å². The van der Waals surface area contributed by atoms with Crippen LogP contribution in [0.4, 0.5) is 0 Å². The molecule has 4 heteroatoms. The average Bonchev–Trinajstić information content (AvgIpc) is 2.45. The van der Waals surface area contributed by atoms with Crippen molar-refractivity contribution in [1.29, 1.82) is 0 Å². The number of rotatable bonds is 4. The van der Waals surface area contributed by atoms with Gasteiger partial charge in [-0.3, -0.25) is 0 Å². The summed E-state index contributed by atoms with van der Waals surface area (Å²) in [6, 6.07) is 3.90.